The molecule has 94 valence electrons. The molecule has 1 aromatic heterocycles. The average Bonchev–Trinajstić information content (AvgIpc) is 2.34. The lowest BCUT2D eigenvalue weighted by atomic mass is 10.2. The monoisotopic (exact) mass is 298 g/mol. The fraction of sp³-hybridized carbons (Fsp3) is 0.154. The van der Waals surface area contributed by atoms with Gasteiger partial charge in [-0.25, -0.2) is 4.98 Å². The predicted octanol–water partition coefficient (Wildman–Crippen LogP) is 4.56. The molecule has 0 bridgehead atoms. The number of benzene rings is 1. The summed E-state index contributed by atoms with van der Waals surface area (Å²) in [4.78, 5) is 5.23. The largest absolute Gasteiger partial charge is 0.324 e. The maximum Gasteiger partial charge on any atom is 0.106 e. The van der Waals surface area contributed by atoms with Gasteiger partial charge in [0.1, 0.15) is 5.03 Å². The number of nitrogens with two attached hydrogens (primary N) is 1. The first-order valence-electron chi connectivity index (χ1n) is 5.41. The third-order valence-corrected chi connectivity index (χ3v) is 4.16. The molecule has 1 atom stereocenters. The van der Waals surface area contributed by atoms with Gasteiger partial charge in [-0.2, -0.15) is 0 Å². The van der Waals surface area contributed by atoms with Crippen LogP contribution in [0.4, 0.5) is 0 Å². The van der Waals surface area contributed by atoms with Crippen LogP contribution in [0.1, 0.15) is 18.5 Å². The standard InChI is InChI=1S/C13H12Cl2N2S/c1-8(16)10-3-2-6-17-13(10)18-12-7-9(14)4-5-11(12)15/h2-8H,16H2,1H3. The van der Waals surface area contributed by atoms with Crippen LogP contribution in [0.5, 0.6) is 0 Å². The maximum absolute atomic E-state index is 6.14. The summed E-state index contributed by atoms with van der Waals surface area (Å²) in [6, 6.07) is 9.15. The first kappa shape index (κ1) is 13.7. The molecule has 2 nitrogen and oxygen atoms in total. The summed E-state index contributed by atoms with van der Waals surface area (Å²) >= 11 is 13.6. The number of hydrogen-bond acceptors (Lipinski definition) is 3. The molecule has 2 rings (SSSR count). The lowest BCUT2D eigenvalue weighted by molar-refractivity contribution is 0.779. The fourth-order valence-corrected chi connectivity index (χ4v) is 3.01. The number of nitrogens with zero attached hydrogens (tertiary/aromatic N) is 1. The van der Waals surface area contributed by atoms with E-state index in [2.05, 4.69) is 4.98 Å². The molecule has 18 heavy (non-hydrogen) atoms. The van der Waals surface area contributed by atoms with E-state index in [0.29, 0.717) is 10.0 Å². The van der Waals surface area contributed by atoms with Gasteiger partial charge < -0.3 is 5.73 Å². The molecule has 2 N–H and O–H groups in total. The molecule has 0 fully saturated rings. The van der Waals surface area contributed by atoms with Gasteiger partial charge in [-0.3, -0.25) is 0 Å². The van der Waals surface area contributed by atoms with E-state index in [0.717, 1.165) is 15.5 Å². The van der Waals surface area contributed by atoms with Crippen molar-refractivity contribution in [1.82, 2.24) is 4.98 Å². The molecular formula is C13H12Cl2N2S. The van der Waals surface area contributed by atoms with E-state index in [1.165, 1.54) is 11.8 Å². The Kier molecular flexibility index (Phi) is 4.51. The summed E-state index contributed by atoms with van der Waals surface area (Å²) in [7, 11) is 0. The molecule has 5 heteroatoms. The minimum Gasteiger partial charge on any atom is -0.324 e. The summed E-state index contributed by atoms with van der Waals surface area (Å²) in [5.74, 6) is 0. The predicted molar refractivity (Wildman–Crippen MR) is 77.4 cm³/mol. The third-order valence-electron chi connectivity index (χ3n) is 2.39. The molecule has 0 aliphatic heterocycles. The van der Waals surface area contributed by atoms with Gasteiger partial charge in [0.15, 0.2) is 0 Å². The van der Waals surface area contributed by atoms with E-state index >= 15 is 0 Å². The van der Waals surface area contributed by atoms with Gasteiger partial charge in [0.05, 0.1) is 5.02 Å². The fourth-order valence-electron chi connectivity index (χ4n) is 1.49. The maximum atomic E-state index is 6.14. The molecule has 1 unspecified atom stereocenters. The van der Waals surface area contributed by atoms with Crippen LogP contribution >= 0.6 is 35.0 Å². The number of pyridine rings is 1. The van der Waals surface area contributed by atoms with Crippen molar-refractivity contribution < 1.29 is 0 Å². The van der Waals surface area contributed by atoms with E-state index in [1.807, 2.05) is 25.1 Å². The highest BCUT2D eigenvalue weighted by molar-refractivity contribution is 7.99. The zero-order valence-corrected chi connectivity index (χ0v) is 12.1. The van der Waals surface area contributed by atoms with E-state index in [9.17, 15) is 0 Å². The number of hydrogen-bond donors (Lipinski definition) is 1. The van der Waals surface area contributed by atoms with Crippen molar-refractivity contribution in [3.8, 4) is 0 Å². The molecule has 0 spiro atoms. The molecule has 0 aliphatic rings. The highest BCUT2D eigenvalue weighted by Gasteiger charge is 2.11. The van der Waals surface area contributed by atoms with Crippen molar-refractivity contribution >= 4 is 35.0 Å². The second-order valence-electron chi connectivity index (χ2n) is 3.86. The highest BCUT2D eigenvalue weighted by Crippen LogP contribution is 2.36. The molecule has 1 aromatic carbocycles. The molecule has 0 radical (unpaired) electrons. The van der Waals surface area contributed by atoms with Crippen LogP contribution in [0.3, 0.4) is 0 Å². The van der Waals surface area contributed by atoms with Crippen LogP contribution in [0, 0.1) is 0 Å². The Morgan fingerprint density at radius 1 is 1.28 bits per heavy atom. The van der Waals surface area contributed by atoms with Gasteiger partial charge in [-0.1, -0.05) is 41.0 Å². The normalized spacial score (nSPS) is 12.4. The summed E-state index contributed by atoms with van der Waals surface area (Å²) in [5.41, 5.74) is 6.92. The lowest BCUT2D eigenvalue weighted by Crippen LogP contribution is -2.07. The molecule has 1 heterocycles. The quantitative estimate of drug-likeness (QED) is 0.903. The average molecular weight is 299 g/mol. The molecule has 0 amide bonds. The first-order valence-corrected chi connectivity index (χ1v) is 6.98. The van der Waals surface area contributed by atoms with Crippen LogP contribution < -0.4 is 5.73 Å². The lowest BCUT2D eigenvalue weighted by Gasteiger charge is -2.11. The van der Waals surface area contributed by atoms with E-state index in [-0.39, 0.29) is 6.04 Å². The Bertz CT molecular complexity index is 558. The first-order chi connectivity index (χ1) is 8.58. The van der Waals surface area contributed by atoms with Crippen molar-refractivity contribution in [3.63, 3.8) is 0 Å². The van der Waals surface area contributed by atoms with Crippen molar-refractivity contribution in [2.24, 2.45) is 5.73 Å². The summed E-state index contributed by atoms with van der Waals surface area (Å²) in [6.07, 6.45) is 1.74. The van der Waals surface area contributed by atoms with Gasteiger partial charge >= 0.3 is 0 Å². The van der Waals surface area contributed by atoms with E-state index < -0.39 is 0 Å². The van der Waals surface area contributed by atoms with Crippen LogP contribution in [0.15, 0.2) is 46.5 Å². The summed E-state index contributed by atoms with van der Waals surface area (Å²) < 4.78 is 0. The van der Waals surface area contributed by atoms with Crippen LogP contribution in [-0.4, -0.2) is 4.98 Å². The summed E-state index contributed by atoms with van der Waals surface area (Å²) in [6.45, 7) is 1.93. The molecule has 0 saturated carbocycles. The van der Waals surface area contributed by atoms with Crippen LogP contribution in [0.2, 0.25) is 10.0 Å². The second-order valence-corrected chi connectivity index (χ2v) is 5.74. The van der Waals surface area contributed by atoms with Crippen molar-refractivity contribution in [2.75, 3.05) is 0 Å². The van der Waals surface area contributed by atoms with E-state index in [4.69, 9.17) is 28.9 Å². The summed E-state index contributed by atoms with van der Waals surface area (Å²) in [5, 5.41) is 2.17. The number of halogens is 2. The zero-order chi connectivity index (χ0) is 13.1. The van der Waals surface area contributed by atoms with Crippen molar-refractivity contribution in [1.29, 1.82) is 0 Å². The van der Waals surface area contributed by atoms with Gasteiger partial charge in [0.25, 0.3) is 0 Å². The minimum absolute atomic E-state index is 0.0702. The zero-order valence-electron chi connectivity index (χ0n) is 9.73. The molecule has 0 aliphatic carbocycles. The Morgan fingerprint density at radius 2 is 2.06 bits per heavy atom. The van der Waals surface area contributed by atoms with Crippen molar-refractivity contribution in [3.05, 3.63) is 52.1 Å². The Morgan fingerprint density at radius 3 is 2.78 bits per heavy atom. The third kappa shape index (κ3) is 3.18. The molecule has 0 saturated heterocycles. The van der Waals surface area contributed by atoms with E-state index in [1.54, 1.807) is 18.3 Å². The van der Waals surface area contributed by atoms with Crippen LogP contribution in [-0.2, 0) is 0 Å². The minimum atomic E-state index is -0.0702. The Balaban J connectivity index is 2.37. The Hall–Kier alpha value is -0.740. The van der Waals surface area contributed by atoms with Gasteiger partial charge in [0.2, 0.25) is 0 Å². The number of aromatic nitrogens is 1. The number of rotatable bonds is 3. The smallest absolute Gasteiger partial charge is 0.106 e. The molecular weight excluding hydrogens is 287 g/mol. The molecule has 2 aromatic rings. The SMILES string of the molecule is CC(N)c1cccnc1Sc1cc(Cl)ccc1Cl. The van der Waals surface area contributed by atoms with Gasteiger partial charge in [0, 0.05) is 27.7 Å². The topological polar surface area (TPSA) is 38.9 Å². The van der Waals surface area contributed by atoms with Crippen LogP contribution in [0.25, 0.3) is 0 Å². The Labute approximate surface area is 121 Å². The van der Waals surface area contributed by atoms with Gasteiger partial charge in [-0.05, 0) is 31.2 Å². The van der Waals surface area contributed by atoms with Crippen molar-refractivity contribution in [2.45, 2.75) is 22.9 Å². The highest BCUT2D eigenvalue weighted by atomic mass is 35.5. The second kappa shape index (κ2) is 5.93. The van der Waals surface area contributed by atoms with Gasteiger partial charge in [-0.15, -0.1) is 0 Å².